The Morgan fingerprint density at radius 2 is 1.38 bits per heavy atom. The van der Waals surface area contributed by atoms with E-state index in [4.69, 9.17) is 9.97 Å². The van der Waals surface area contributed by atoms with Crippen LogP contribution in [-0.2, 0) is 0 Å². The van der Waals surface area contributed by atoms with Crippen LogP contribution >= 0.6 is 11.3 Å². The predicted molar refractivity (Wildman–Crippen MR) is 187 cm³/mol. The molecule has 3 nitrogen and oxygen atoms in total. The molecule has 0 aliphatic heterocycles. The fourth-order valence-corrected chi connectivity index (χ4v) is 7.42. The highest BCUT2D eigenvalue weighted by molar-refractivity contribution is 7.25. The summed E-state index contributed by atoms with van der Waals surface area (Å²) in [5, 5.41) is 12.0. The van der Waals surface area contributed by atoms with Gasteiger partial charge in [0.15, 0.2) is 5.82 Å². The largest absolute Gasteiger partial charge is 0.228 e. The molecule has 0 N–H and O–H groups in total. The first-order valence-corrected chi connectivity index (χ1v) is 15.9. The van der Waals surface area contributed by atoms with E-state index in [0.29, 0.717) is 5.56 Å². The highest BCUT2D eigenvalue weighted by atomic mass is 32.1. The van der Waals surface area contributed by atoms with Crippen LogP contribution < -0.4 is 0 Å². The van der Waals surface area contributed by atoms with Crippen LogP contribution in [0.15, 0.2) is 146 Å². The fourth-order valence-electron chi connectivity index (χ4n) is 6.30. The lowest BCUT2D eigenvalue weighted by Gasteiger charge is -2.22. The van der Waals surface area contributed by atoms with E-state index in [1.807, 2.05) is 59.9 Å². The molecule has 1 atom stereocenters. The van der Waals surface area contributed by atoms with Crippen LogP contribution in [0.5, 0.6) is 0 Å². The Balaban J connectivity index is 1.24. The predicted octanol–water partition coefficient (Wildman–Crippen LogP) is 10.8. The molecule has 1 unspecified atom stereocenters. The van der Waals surface area contributed by atoms with Gasteiger partial charge in [0.05, 0.1) is 23.0 Å². The molecule has 5 aromatic carbocycles. The molecule has 0 fully saturated rings. The van der Waals surface area contributed by atoms with E-state index >= 15 is 0 Å². The van der Waals surface area contributed by atoms with Crippen LogP contribution in [0.2, 0.25) is 0 Å². The van der Waals surface area contributed by atoms with Crippen LogP contribution in [0.4, 0.5) is 0 Å². The molecule has 45 heavy (non-hydrogen) atoms. The Morgan fingerprint density at radius 3 is 2.11 bits per heavy atom. The van der Waals surface area contributed by atoms with E-state index < -0.39 is 0 Å². The average molecular weight is 594 g/mol. The van der Waals surface area contributed by atoms with Gasteiger partial charge in [-0.05, 0) is 59.0 Å². The van der Waals surface area contributed by atoms with Gasteiger partial charge < -0.3 is 0 Å². The number of aromatic nitrogens is 2. The second-order valence-corrected chi connectivity index (χ2v) is 12.3. The van der Waals surface area contributed by atoms with Crippen LogP contribution in [0, 0.1) is 11.3 Å². The van der Waals surface area contributed by atoms with Crippen LogP contribution in [0.3, 0.4) is 0 Å². The second-order valence-electron chi connectivity index (χ2n) is 11.2. The summed E-state index contributed by atoms with van der Waals surface area (Å²) in [5.41, 5.74) is 9.34. The van der Waals surface area contributed by atoms with Crippen LogP contribution in [0.1, 0.15) is 29.2 Å². The van der Waals surface area contributed by atoms with E-state index in [0.717, 1.165) is 45.9 Å². The molecule has 8 rings (SSSR count). The highest BCUT2D eigenvalue weighted by Gasteiger charge is 2.23. The maximum atomic E-state index is 9.40. The summed E-state index contributed by atoms with van der Waals surface area (Å²) in [6.07, 6.45) is 7.75. The van der Waals surface area contributed by atoms with Crippen LogP contribution in [0.25, 0.3) is 59.5 Å². The van der Waals surface area contributed by atoms with Crippen molar-refractivity contribution in [2.75, 3.05) is 0 Å². The Morgan fingerprint density at radius 1 is 0.667 bits per heavy atom. The molecule has 0 saturated carbocycles. The van der Waals surface area contributed by atoms with E-state index in [1.165, 1.54) is 31.3 Å². The van der Waals surface area contributed by atoms with Crippen molar-refractivity contribution < 1.29 is 0 Å². The summed E-state index contributed by atoms with van der Waals surface area (Å²) in [5.74, 6) is 0.908. The average Bonchev–Trinajstić information content (AvgIpc) is 3.51. The third-order valence-electron chi connectivity index (χ3n) is 8.50. The van der Waals surface area contributed by atoms with Crippen molar-refractivity contribution >= 4 is 37.1 Å². The number of nitriles is 1. The lowest BCUT2D eigenvalue weighted by molar-refractivity contribution is 0.866. The van der Waals surface area contributed by atoms with Crippen molar-refractivity contribution in [3.05, 3.63) is 162 Å². The molecule has 1 aliphatic rings. The topological polar surface area (TPSA) is 49.6 Å². The van der Waals surface area contributed by atoms with Crippen LogP contribution in [-0.4, -0.2) is 9.97 Å². The van der Waals surface area contributed by atoms with Gasteiger partial charge in [0, 0.05) is 37.2 Å². The van der Waals surface area contributed by atoms with Gasteiger partial charge >= 0.3 is 0 Å². The van der Waals surface area contributed by atoms with Crippen molar-refractivity contribution in [3.63, 3.8) is 0 Å². The molecular formula is C41H27N3S. The zero-order valence-corrected chi connectivity index (χ0v) is 25.2. The summed E-state index contributed by atoms with van der Waals surface area (Å²) in [7, 11) is 0. The minimum Gasteiger partial charge on any atom is -0.228 e. The van der Waals surface area contributed by atoms with Crippen molar-refractivity contribution in [2.45, 2.75) is 12.3 Å². The van der Waals surface area contributed by atoms with Gasteiger partial charge in [-0.3, -0.25) is 0 Å². The zero-order chi connectivity index (χ0) is 30.2. The SMILES string of the molecule is N#Cc1ccc(-c2ccc3sc4ccccc4c3c2C2C=CC(c3cc(-c4ccccc4)nc(-c4ccccc4)n3)=CC2)cc1. The van der Waals surface area contributed by atoms with E-state index in [1.54, 1.807) is 0 Å². The maximum absolute atomic E-state index is 9.40. The number of thiophene rings is 1. The lowest BCUT2D eigenvalue weighted by atomic mass is 9.82. The van der Waals surface area contributed by atoms with Gasteiger partial charge in [-0.2, -0.15) is 5.26 Å². The van der Waals surface area contributed by atoms with Gasteiger partial charge in [-0.1, -0.05) is 115 Å². The normalized spacial score (nSPS) is 14.4. The van der Waals surface area contributed by atoms with Gasteiger partial charge in [-0.25, -0.2) is 9.97 Å². The molecule has 212 valence electrons. The third kappa shape index (κ3) is 5.04. The Bertz CT molecular complexity index is 2230. The Kier molecular flexibility index (Phi) is 6.87. The van der Waals surface area contributed by atoms with Crippen molar-refractivity contribution in [1.82, 2.24) is 9.97 Å². The number of nitrogens with zero attached hydrogens (tertiary/aromatic N) is 3. The standard InChI is InChI=1S/C41H27N3S/c42-26-27-15-17-28(18-16-27)33-23-24-38-40(34-13-7-8-14-37(34)45-38)39(33)31-21-19-30(20-22-31)36-25-35(29-9-3-1-4-10-29)43-41(44-36)32-11-5-2-6-12-32/h1-21,23-25,31H,22H2. The molecular weight excluding hydrogens is 567 g/mol. The third-order valence-corrected chi connectivity index (χ3v) is 9.64. The number of allylic oxidation sites excluding steroid dienone is 4. The van der Waals surface area contributed by atoms with Gasteiger partial charge in [0.1, 0.15) is 0 Å². The van der Waals surface area contributed by atoms with Gasteiger partial charge in [-0.15, -0.1) is 11.3 Å². The van der Waals surface area contributed by atoms with Crippen molar-refractivity contribution in [2.24, 2.45) is 0 Å². The quantitative estimate of drug-likeness (QED) is 0.199. The molecule has 2 heterocycles. The second kappa shape index (κ2) is 11.5. The first-order valence-electron chi connectivity index (χ1n) is 15.1. The summed E-state index contributed by atoms with van der Waals surface area (Å²) < 4.78 is 2.59. The lowest BCUT2D eigenvalue weighted by Crippen LogP contribution is -2.04. The maximum Gasteiger partial charge on any atom is 0.160 e. The van der Waals surface area contributed by atoms with E-state index in [2.05, 4.69) is 103 Å². The minimum absolute atomic E-state index is 0.185. The molecule has 0 bridgehead atoms. The number of fused-ring (bicyclic) bond motifs is 3. The molecule has 4 heteroatoms. The first kappa shape index (κ1) is 27.0. The fraction of sp³-hybridized carbons (Fsp3) is 0.0488. The number of hydrogen-bond donors (Lipinski definition) is 0. The van der Waals surface area contributed by atoms with Crippen molar-refractivity contribution in [1.29, 1.82) is 5.26 Å². The summed E-state index contributed by atoms with van der Waals surface area (Å²) >= 11 is 1.85. The summed E-state index contributed by atoms with van der Waals surface area (Å²) in [6, 6.07) is 46.0. The highest BCUT2D eigenvalue weighted by Crippen LogP contribution is 2.45. The first-order chi connectivity index (χ1) is 22.2. The van der Waals surface area contributed by atoms with Crippen molar-refractivity contribution in [3.8, 4) is 39.8 Å². The summed E-state index contributed by atoms with van der Waals surface area (Å²) in [4.78, 5) is 10.0. The van der Waals surface area contributed by atoms with E-state index in [9.17, 15) is 5.26 Å². The number of benzene rings is 5. The Hall–Kier alpha value is -5.63. The smallest absolute Gasteiger partial charge is 0.160 e. The molecule has 2 aromatic heterocycles. The minimum atomic E-state index is 0.185. The van der Waals surface area contributed by atoms with E-state index in [-0.39, 0.29) is 5.92 Å². The number of hydrogen-bond acceptors (Lipinski definition) is 4. The molecule has 0 radical (unpaired) electrons. The van der Waals surface area contributed by atoms with Gasteiger partial charge in [0.25, 0.3) is 0 Å². The number of rotatable bonds is 5. The molecule has 0 saturated heterocycles. The monoisotopic (exact) mass is 593 g/mol. The zero-order valence-electron chi connectivity index (χ0n) is 24.4. The molecule has 0 amide bonds. The molecule has 0 spiro atoms. The molecule has 7 aromatic rings. The Labute approximate surface area is 266 Å². The molecule has 1 aliphatic carbocycles. The summed E-state index contributed by atoms with van der Waals surface area (Å²) in [6.45, 7) is 0. The van der Waals surface area contributed by atoms with Gasteiger partial charge in [0.2, 0.25) is 0 Å².